The summed E-state index contributed by atoms with van der Waals surface area (Å²) < 4.78 is 6.22. The first-order chi connectivity index (χ1) is 13.7. The van der Waals surface area contributed by atoms with Gasteiger partial charge in [-0.1, -0.05) is 24.3 Å². The van der Waals surface area contributed by atoms with Crippen LogP contribution >= 0.6 is 0 Å². The minimum absolute atomic E-state index is 0.164. The number of pyridine rings is 1. The van der Waals surface area contributed by atoms with E-state index in [1.54, 1.807) is 0 Å². The van der Waals surface area contributed by atoms with E-state index in [4.69, 9.17) is 14.8 Å². The Morgan fingerprint density at radius 2 is 1.64 bits per heavy atom. The molecule has 0 unspecified atom stereocenters. The highest BCUT2D eigenvalue weighted by Gasteiger charge is 2.11. The summed E-state index contributed by atoms with van der Waals surface area (Å²) in [6.45, 7) is 4.74. The topological polar surface area (TPSA) is 54.4 Å². The maximum absolute atomic E-state index is 9.03. The van der Waals surface area contributed by atoms with Crippen LogP contribution in [-0.2, 0) is 6.42 Å². The van der Waals surface area contributed by atoms with Gasteiger partial charge in [0.05, 0.1) is 11.0 Å². The number of nitrogens with one attached hydrogen (secondary N) is 1. The van der Waals surface area contributed by atoms with Crippen LogP contribution in [-0.4, -0.2) is 23.4 Å². The zero-order chi connectivity index (χ0) is 19.5. The van der Waals surface area contributed by atoms with Crippen molar-refractivity contribution in [3.8, 4) is 5.75 Å². The van der Waals surface area contributed by atoms with E-state index in [0.717, 1.165) is 38.8 Å². The molecule has 4 heteroatoms. The molecular formula is C24H24N2O2. The van der Waals surface area contributed by atoms with Crippen molar-refractivity contribution in [3.05, 3.63) is 77.4 Å². The average Bonchev–Trinajstić information content (AvgIpc) is 2.70. The Labute approximate surface area is 164 Å². The Kier molecular flexibility index (Phi) is 5.13. The quantitative estimate of drug-likeness (QED) is 0.370. The van der Waals surface area contributed by atoms with Gasteiger partial charge in [-0.15, -0.1) is 0 Å². The minimum atomic E-state index is 0.164. The van der Waals surface area contributed by atoms with Crippen molar-refractivity contribution in [1.29, 1.82) is 0 Å². The number of aromatic nitrogens is 1. The molecule has 2 N–H and O–H groups in total. The fraction of sp³-hybridized carbons (Fsp3) is 0.208. The van der Waals surface area contributed by atoms with E-state index in [0.29, 0.717) is 13.2 Å². The van der Waals surface area contributed by atoms with E-state index in [2.05, 4.69) is 37.4 Å². The van der Waals surface area contributed by atoms with Crippen LogP contribution in [0.25, 0.3) is 21.8 Å². The van der Waals surface area contributed by atoms with Crippen LogP contribution in [0.1, 0.15) is 16.7 Å². The molecule has 0 spiro atoms. The second-order valence-electron chi connectivity index (χ2n) is 7.05. The van der Waals surface area contributed by atoms with Gasteiger partial charge in [-0.05, 0) is 73.4 Å². The molecule has 0 fully saturated rings. The van der Waals surface area contributed by atoms with E-state index in [9.17, 15) is 0 Å². The number of nitrogens with zero attached hydrogens (tertiary/aromatic N) is 1. The molecule has 4 nitrogen and oxygen atoms in total. The third kappa shape index (κ3) is 3.64. The molecule has 1 heterocycles. The smallest absolute Gasteiger partial charge is 0.159 e. The number of aliphatic hydroxyl groups is 1. The molecule has 0 amide bonds. The SMILES string of the molecule is Cc1cc2nc3ccccc3c(OCNc3ccc(CCO)cc3)c2cc1C. The number of rotatable bonds is 6. The Morgan fingerprint density at radius 1 is 0.893 bits per heavy atom. The van der Waals surface area contributed by atoms with Gasteiger partial charge < -0.3 is 15.2 Å². The van der Waals surface area contributed by atoms with Crippen molar-refractivity contribution < 1.29 is 9.84 Å². The molecule has 28 heavy (non-hydrogen) atoms. The number of benzene rings is 3. The van der Waals surface area contributed by atoms with Gasteiger partial charge in [0.25, 0.3) is 0 Å². The van der Waals surface area contributed by atoms with Gasteiger partial charge in [-0.3, -0.25) is 0 Å². The van der Waals surface area contributed by atoms with Crippen LogP contribution in [0.4, 0.5) is 5.69 Å². The highest BCUT2D eigenvalue weighted by Crippen LogP contribution is 2.34. The molecule has 0 atom stereocenters. The molecule has 3 aromatic carbocycles. The second kappa shape index (κ2) is 7.87. The van der Waals surface area contributed by atoms with Crippen LogP contribution in [0, 0.1) is 13.8 Å². The third-order valence-corrected chi connectivity index (χ3v) is 5.09. The lowest BCUT2D eigenvalue weighted by Crippen LogP contribution is -2.09. The monoisotopic (exact) mass is 372 g/mol. The van der Waals surface area contributed by atoms with Crippen molar-refractivity contribution in [1.82, 2.24) is 4.98 Å². The van der Waals surface area contributed by atoms with Gasteiger partial charge in [-0.25, -0.2) is 4.98 Å². The molecule has 4 rings (SSSR count). The lowest BCUT2D eigenvalue weighted by molar-refractivity contribution is 0.299. The number of ether oxygens (including phenoxy) is 1. The molecule has 0 aliphatic heterocycles. The van der Waals surface area contributed by atoms with Crippen molar-refractivity contribution in [2.24, 2.45) is 0 Å². The molecule has 0 aliphatic rings. The Bertz CT molecular complexity index is 1120. The molecular weight excluding hydrogens is 348 g/mol. The first-order valence-corrected chi connectivity index (χ1v) is 9.52. The van der Waals surface area contributed by atoms with Gasteiger partial charge in [0.2, 0.25) is 0 Å². The predicted molar refractivity (Wildman–Crippen MR) is 115 cm³/mol. The average molecular weight is 372 g/mol. The maximum atomic E-state index is 9.03. The summed E-state index contributed by atoms with van der Waals surface area (Å²) in [6, 6.07) is 20.4. The summed E-state index contributed by atoms with van der Waals surface area (Å²) in [6.07, 6.45) is 0.671. The normalized spacial score (nSPS) is 11.1. The summed E-state index contributed by atoms with van der Waals surface area (Å²) >= 11 is 0. The van der Waals surface area contributed by atoms with Crippen LogP contribution in [0.5, 0.6) is 5.75 Å². The fourth-order valence-corrected chi connectivity index (χ4v) is 3.38. The summed E-state index contributed by atoms with van der Waals surface area (Å²) in [5, 5.41) is 14.4. The van der Waals surface area contributed by atoms with Gasteiger partial charge in [0, 0.05) is 23.1 Å². The molecule has 0 aliphatic carbocycles. The van der Waals surface area contributed by atoms with E-state index < -0.39 is 0 Å². The highest BCUT2D eigenvalue weighted by atomic mass is 16.5. The van der Waals surface area contributed by atoms with Crippen molar-refractivity contribution >= 4 is 27.5 Å². The van der Waals surface area contributed by atoms with E-state index >= 15 is 0 Å². The molecule has 0 saturated carbocycles. The molecule has 0 saturated heterocycles. The van der Waals surface area contributed by atoms with Crippen LogP contribution < -0.4 is 10.1 Å². The van der Waals surface area contributed by atoms with Crippen molar-refractivity contribution in [3.63, 3.8) is 0 Å². The first-order valence-electron chi connectivity index (χ1n) is 9.52. The minimum Gasteiger partial charge on any atom is -0.472 e. The van der Waals surface area contributed by atoms with E-state index in [1.165, 1.54) is 11.1 Å². The molecule has 0 bridgehead atoms. The number of hydrogen-bond donors (Lipinski definition) is 2. The number of aryl methyl sites for hydroxylation is 2. The van der Waals surface area contributed by atoms with Crippen LogP contribution in [0.3, 0.4) is 0 Å². The molecule has 1 aromatic heterocycles. The second-order valence-corrected chi connectivity index (χ2v) is 7.05. The zero-order valence-corrected chi connectivity index (χ0v) is 16.2. The number of para-hydroxylation sites is 1. The van der Waals surface area contributed by atoms with Crippen molar-refractivity contribution in [2.75, 3.05) is 18.7 Å². The standard InChI is InChI=1S/C24H24N2O2/c1-16-13-21-23(14-17(16)2)26-22-6-4-3-5-20(22)24(21)28-15-25-19-9-7-18(8-10-19)11-12-27/h3-10,13-14,25,27H,11-12,15H2,1-2H3. The Balaban J connectivity index is 1.63. The number of hydrogen-bond acceptors (Lipinski definition) is 4. The largest absolute Gasteiger partial charge is 0.472 e. The summed E-state index contributed by atoms with van der Waals surface area (Å²) in [5.41, 5.74) is 6.43. The molecule has 4 aromatic rings. The molecule has 142 valence electrons. The lowest BCUT2D eigenvalue weighted by atomic mass is 10.0. The first kappa shape index (κ1) is 18.3. The van der Waals surface area contributed by atoms with Gasteiger partial charge in [0.1, 0.15) is 5.75 Å². The zero-order valence-electron chi connectivity index (χ0n) is 16.2. The van der Waals surface area contributed by atoms with Gasteiger partial charge >= 0.3 is 0 Å². The maximum Gasteiger partial charge on any atom is 0.159 e. The predicted octanol–water partition coefficient (Wildman–Crippen LogP) is 4.99. The molecule has 0 radical (unpaired) electrons. The van der Waals surface area contributed by atoms with E-state index in [-0.39, 0.29) is 6.61 Å². The number of aliphatic hydroxyl groups excluding tert-OH is 1. The van der Waals surface area contributed by atoms with Crippen LogP contribution in [0.2, 0.25) is 0 Å². The summed E-state index contributed by atoms with van der Waals surface area (Å²) in [4.78, 5) is 4.81. The van der Waals surface area contributed by atoms with Crippen molar-refractivity contribution in [2.45, 2.75) is 20.3 Å². The van der Waals surface area contributed by atoms with Gasteiger partial charge in [-0.2, -0.15) is 0 Å². The lowest BCUT2D eigenvalue weighted by Gasteiger charge is -2.15. The fourth-order valence-electron chi connectivity index (χ4n) is 3.38. The number of fused-ring (bicyclic) bond motifs is 2. The summed E-state index contributed by atoms with van der Waals surface area (Å²) in [5.74, 6) is 0.855. The third-order valence-electron chi connectivity index (χ3n) is 5.09. The Hall–Kier alpha value is -3.11. The van der Waals surface area contributed by atoms with E-state index in [1.807, 2.05) is 42.5 Å². The highest BCUT2D eigenvalue weighted by molar-refractivity contribution is 6.01. The summed E-state index contributed by atoms with van der Waals surface area (Å²) in [7, 11) is 0. The van der Waals surface area contributed by atoms with Crippen LogP contribution in [0.15, 0.2) is 60.7 Å². The van der Waals surface area contributed by atoms with Gasteiger partial charge in [0.15, 0.2) is 6.73 Å². The number of anilines is 1. The Morgan fingerprint density at radius 3 is 2.43 bits per heavy atom.